The van der Waals surface area contributed by atoms with E-state index in [0.29, 0.717) is 32.0 Å². The topological polar surface area (TPSA) is 122 Å². The average molecular weight is 1210 g/mol. The molecular weight excluding hydrogens is 1070 g/mol. The second kappa shape index (κ2) is 69.0. The maximum absolute atomic E-state index is 13.7. The van der Waals surface area contributed by atoms with Crippen molar-refractivity contribution >= 4 is 30.2 Å². The third-order valence-electron chi connectivity index (χ3n) is 16.6. The van der Waals surface area contributed by atoms with E-state index in [0.717, 1.165) is 154 Å². The molecule has 0 bridgehead atoms. The number of carbonyl (C=O) groups excluding carboxylic acids is 5. The molecule has 0 fully saturated rings. The smallest absolute Gasteiger partial charge is 0.306 e. The first kappa shape index (κ1) is 82.5. The van der Waals surface area contributed by atoms with Crippen LogP contribution in [0.5, 0.6) is 0 Å². The minimum absolute atomic E-state index is 0.0912. The molecular formula is C77H138O9. The van der Waals surface area contributed by atoms with Crippen molar-refractivity contribution in [1.82, 2.24) is 0 Å². The fraction of sp³-hybridized carbons (Fsp3) is 0.831. The van der Waals surface area contributed by atoms with Gasteiger partial charge in [0.15, 0.2) is 24.6 Å². The summed E-state index contributed by atoms with van der Waals surface area (Å²) < 4.78 is 23.6. The molecule has 0 aromatic carbocycles. The van der Waals surface area contributed by atoms with Gasteiger partial charge in [-0.05, 0) is 128 Å². The highest BCUT2D eigenvalue weighted by Crippen LogP contribution is 2.21. The number of unbranched alkanes of at least 4 members (excludes halogenated alkanes) is 44. The molecule has 0 saturated heterocycles. The van der Waals surface area contributed by atoms with Crippen LogP contribution in [0.3, 0.4) is 0 Å². The molecule has 3 atom stereocenters. The van der Waals surface area contributed by atoms with Crippen molar-refractivity contribution in [3.05, 3.63) is 48.6 Å². The Bertz CT molecular complexity index is 1620. The van der Waals surface area contributed by atoms with Crippen LogP contribution >= 0.6 is 0 Å². The molecule has 9 heteroatoms. The molecule has 0 aliphatic rings. The molecule has 0 radical (unpaired) electrons. The molecule has 86 heavy (non-hydrogen) atoms. The monoisotopic (exact) mass is 1210 g/mol. The molecule has 0 amide bonds. The Kier molecular flexibility index (Phi) is 66.2. The molecule has 0 aliphatic carbocycles. The molecule has 0 saturated carbocycles. The fourth-order valence-corrected chi connectivity index (χ4v) is 11.0. The van der Waals surface area contributed by atoms with Gasteiger partial charge in [-0.1, -0.05) is 282 Å². The summed E-state index contributed by atoms with van der Waals surface area (Å²) in [5, 5.41) is 0. The fourth-order valence-electron chi connectivity index (χ4n) is 11.0. The van der Waals surface area contributed by atoms with Crippen LogP contribution in [0.2, 0.25) is 0 Å². The minimum Gasteiger partial charge on any atom is -0.462 e. The van der Waals surface area contributed by atoms with E-state index in [4.69, 9.17) is 18.9 Å². The van der Waals surface area contributed by atoms with Crippen molar-refractivity contribution in [1.29, 1.82) is 0 Å². The zero-order valence-corrected chi connectivity index (χ0v) is 56.9. The van der Waals surface area contributed by atoms with Crippen LogP contribution < -0.4 is 0 Å². The molecule has 0 N–H and O–H groups in total. The Morgan fingerprint density at radius 3 is 0.756 bits per heavy atom. The minimum atomic E-state index is -1.55. The quantitative estimate of drug-likeness (QED) is 0.0193. The van der Waals surface area contributed by atoms with Gasteiger partial charge in [0, 0.05) is 25.7 Å². The molecule has 9 nitrogen and oxygen atoms in total. The first-order valence-corrected chi connectivity index (χ1v) is 37.1. The van der Waals surface area contributed by atoms with Gasteiger partial charge in [-0.25, -0.2) is 0 Å². The molecule has 0 aliphatic heterocycles. The van der Waals surface area contributed by atoms with Gasteiger partial charge in [0.2, 0.25) is 0 Å². The molecule has 0 aromatic heterocycles. The number of hydrogen-bond donors (Lipinski definition) is 0. The second-order valence-electron chi connectivity index (χ2n) is 25.1. The number of hydrogen-bond acceptors (Lipinski definition) is 9. The number of allylic oxidation sites excluding steroid dienone is 8. The number of ether oxygens (including phenoxy) is 4. The van der Waals surface area contributed by atoms with E-state index in [9.17, 15) is 24.0 Å². The number of aldehydes is 1. The molecule has 0 spiro atoms. The lowest BCUT2D eigenvalue weighted by Crippen LogP contribution is -2.48. The maximum atomic E-state index is 13.7. The third-order valence-corrected chi connectivity index (χ3v) is 16.6. The van der Waals surface area contributed by atoms with E-state index in [1.807, 2.05) is 0 Å². The Hall–Kier alpha value is -3.49. The number of carbonyl (C=O) groups is 5. The SMILES string of the molecule is CCCCCCCC/C=C\CCCCCCCC(=O)OC[C@@H](OC(=O)CCCCCCC/C=C\CCCCCCCC)[C@H](OC(=O)CCCCCCC/C=C\CCCCCCCC)[C@H](C=O)OC(=O)CCCCCCC/C=C\CCCCCCCC. The maximum Gasteiger partial charge on any atom is 0.306 e. The highest BCUT2D eigenvalue weighted by molar-refractivity contribution is 5.75. The Balaban J connectivity index is 5.70. The Labute approximate surface area is 531 Å². The Morgan fingerprint density at radius 2 is 0.488 bits per heavy atom. The predicted octanol–water partition coefficient (Wildman–Crippen LogP) is 23.6. The van der Waals surface area contributed by atoms with E-state index in [-0.39, 0.29) is 25.7 Å². The van der Waals surface area contributed by atoms with Crippen LogP contribution in [0, 0.1) is 0 Å². The van der Waals surface area contributed by atoms with Crippen molar-refractivity contribution in [2.75, 3.05) is 6.61 Å². The summed E-state index contributed by atoms with van der Waals surface area (Å²) in [5.41, 5.74) is 0. The largest absolute Gasteiger partial charge is 0.462 e. The first-order chi connectivity index (χ1) is 42.3. The number of rotatable bonds is 68. The highest BCUT2D eigenvalue weighted by atomic mass is 16.6. The van der Waals surface area contributed by atoms with Gasteiger partial charge in [0.05, 0.1) is 0 Å². The van der Waals surface area contributed by atoms with Crippen LogP contribution in [0.1, 0.15) is 387 Å². The zero-order valence-electron chi connectivity index (χ0n) is 56.9. The van der Waals surface area contributed by atoms with Gasteiger partial charge in [0.1, 0.15) is 6.61 Å². The lowest BCUT2D eigenvalue weighted by atomic mass is 10.1. The van der Waals surface area contributed by atoms with Crippen molar-refractivity contribution in [2.24, 2.45) is 0 Å². The molecule has 0 unspecified atom stereocenters. The number of esters is 4. The average Bonchev–Trinajstić information content (AvgIpc) is 3.64. The van der Waals surface area contributed by atoms with Crippen molar-refractivity contribution in [3.8, 4) is 0 Å². The third kappa shape index (κ3) is 60.8. The summed E-state index contributed by atoms with van der Waals surface area (Å²) in [5.74, 6) is -2.16. The van der Waals surface area contributed by atoms with E-state index in [1.165, 1.54) is 154 Å². The summed E-state index contributed by atoms with van der Waals surface area (Å²) in [6.07, 6.45) is 74.0. The summed E-state index contributed by atoms with van der Waals surface area (Å²) >= 11 is 0. The summed E-state index contributed by atoms with van der Waals surface area (Å²) in [6, 6.07) is 0. The van der Waals surface area contributed by atoms with Gasteiger partial charge < -0.3 is 18.9 Å². The molecule has 0 heterocycles. The van der Waals surface area contributed by atoms with Crippen molar-refractivity contribution in [2.45, 2.75) is 406 Å². The van der Waals surface area contributed by atoms with Gasteiger partial charge in [-0.2, -0.15) is 0 Å². The molecule has 0 rings (SSSR count). The zero-order chi connectivity index (χ0) is 62.5. The van der Waals surface area contributed by atoms with Crippen LogP contribution in [0.15, 0.2) is 48.6 Å². The van der Waals surface area contributed by atoms with Crippen LogP contribution in [-0.2, 0) is 42.9 Å². The standard InChI is InChI=1S/C77H138O9/c1-5-9-13-17-21-25-29-33-37-41-45-49-53-57-61-65-73(79)83-70-72(85-75(81)67-63-59-55-51-47-43-39-35-31-27-23-19-15-11-7-3)77(86-76(82)68-64-60-56-52-48-44-40-36-32-28-24-20-16-12-8-4)71(69-78)84-74(80)66-62-58-54-50-46-42-38-34-30-26-22-18-14-10-6-2/h33-40,69,71-72,77H,5-32,41-68,70H2,1-4H3/b37-33-,38-34-,39-35-,40-36-/t71-,72+,77+/m0/s1. The van der Waals surface area contributed by atoms with Crippen molar-refractivity contribution < 1.29 is 42.9 Å². The van der Waals surface area contributed by atoms with Crippen molar-refractivity contribution in [3.63, 3.8) is 0 Å². The van der Waals surface area contributed by atoms with E-state index in [1.54, 1.807) is 0 Å². The van der Waals surface area contributed by atoms with Crippen LogP contribution in [0.25, 0.3) is 0 Å². The van der Waals surface area contributed by atoms with Gasteiger partial charge in [0.25, 0.3) is 0 Å². The summed E-state index contributed by atoms with van der Waals surface area (Å²) in [4.78, 5) is 67.1. The molecule has 0 aromatic rings. The predicted molar refractivity (Wildman–Crippen MR) is 364 cm³/mol. The lowest BCUT2D eigenvalue weighted by molar-refractivity contribution is -0.191. The Morgan fingerprint density at radius 1 is 0.267 bits per heavy atom. The molecule has 500 valence electrons. The van der Waals surface area contributed by atoms with Gasteiger partial charge in [-0.15, -0.1) is 0 Å². The highest BCUT2D eigenvalue weighted by Gasteiger charge is 2.39. The van der Waals surface area contributed by atoms with Crippen LogP contribution in [0.4, 0.5) is 0 Å². The normalized spacial score (nSPS) is 12.9. The van der Waals surface area contributed by atoms with E-state index in [2.05, 4.69) is 76.3 Å². The first-order valence-electron chi connectivity index (χ1n) is 37.1. The van der Waals surface area contributed by atoms with Crippen LogP contribution in [-0.4, -0.2) is 55.1 Å². The summed E-state index contributed by atoms with van der Waals surface area (Å²) in [7, 11) is 0. The van der Waals surface area contributed by atoms with E-state index >= 15 is 0 Å². The summed E-state index contributed by atoms with van der Waals surface area (Å²) in [6.45, 7) is 8.58. The van der Waals surface area contributed by atoms with E-state index < -0.39 is 48.8 Å². The second-order valence-corrected chi connectivity index (χ2v) is 25.1. The lowest BCUT2D eigenvalue weighted by Gasteiger charge is -2.30. The van der Waals surface area contributed by atoms with Gasteiger partial charge in [-0.3, -0.25) is 24.0 Å². The van der Waals surface area contributed by atoms with Gasteiger partial charge >= 0.3 is 23.9 Å².